The fraction of sp³-hybridized carbons (Fsp3) is 0.500. The molecule has 0 aliphatic rings. The molecule has 0 amide bonds. The molecule has 0 fully saturated rings. The first-order chi connectivity index (χ1) is 4.72. The van der Waals surface area contributed by atoms with E-state index in [0.29, 0.717) is 6.04 Å². The molecule has 0 radical (unpaired) electrons. The van der Waals surface area contributed by atoms with Crippen LogP contribution in [0.25, 0.3) is 0 Å². The zero-order valence-corrected chi connectivity index (χ0v) is 7.48. The van der Waals surface area contributed by atoms with Gasteiger partial charge in [0.05, 0.1) is 0 Å². The Labute approximate surface area is 66.3 Å². The highest BCUT2D eigenvalue weighted by Crippen LogP contribution is 2.21. The molecule has 2 heteroatoms. The van der Waals surface area contributed by atoms with Gasteiger partial charge in [-0.15, -0.1) is 11.3 Å². The summed E-state index contributed by atoms with van der Waals surface area (Å²) in [6.07, 6.45) is 0. The van der Waals surface area contributed by atoms with Crippen LogP contribution in [0.1, 0.15) is 17.8 Å². The van der Waals surface area contributed by atoms with Crippen molar-refractivity contribution in [3.63, 3.8) is 0 Å². The average Bonchev–Trinajstić information content (AvgIpc) is 2.36. The monoisotopic (exact) mass is 155 g/mol. The molecule has 0 spiro atoms. The Bertz CT molecular complexity index is 179. The number of nitrogens with zero attached hydrogens (tertiary/aromatic N) is 1. The van der Waals surface area contributed by atoms with Crippen molar-refractivity contribution in [3.05, 3.63) is 22.4 Å². The summed E-state index contributed by atoms with van der Waals surface area (Å²) in [6, 6.07) is 4.83. The second-order valence-corrected chi connectivity index (χ2v) is 3.63. The first-order valence-corrected chi connectivity index (χ1v) is 4.29. The third kappa shape index (κ3) is 1.58. The first-order valence-electron chi connectivity index (χ1n) is 3.41. The molecule has 1 aromatic heterocycles. The summed E-state index contributed by atoms with van der Waals surface area (Å²) in [5.74, 6) is 0. The lowest BCUT2D eigenvalue weighted by Gasteiger charge is -2.17. The van der Waals surface area contributed by atoms with Crippen LogP contribution in [0.3, 0.4) is 0 Å². The van der Waals surface area contributed by atoms with Crippen molar-refractivity contribution in [1.29, 1.82) is 0 Å². The van der Waals surface area contributed by atoms with Gasteiger partial charge in [-0.2, -0.15) is 0 Å². The molecule has 1 rings (SSSR count). The van der Waals surface area contributed by atoms with Gasteiger partial charge in [0.25, 0.3) is 0 Å². The lowest BCUT2D eigenvalue weighted by atomic mass is 10.2. The van der Waals surface area contributed by atoms with Gasteiger partial charge in [-0.3, -0.25) is 0 Å². The van der Waals surface area contributed by atoms with Gasteiger partial charge in [-0.05, 0) is 32.5 Å². The van der Waals surface area contributed by atoms with E-state index in [1.165, 1.54) is 4.88 Å². The summed E-state index contributed by atoms with van der Waals surface area (Å²) < 4.78 is 0. The summed E-state index contributed by atoms with van der Waals surface area (Å²) in [7, 11) is 4.20. The quantitative estimate of drug-likeness (QED) is 0.633. The molecule has 1 heterocycles. The standard InChI is InChI=1S/C8H13NS/c1-7(9(2)3)8-5-4-6-10-8/h4-7H,1-3H3. The van der Waals surface area contributed by atoms with Gasteiger partial charge in [-0.1, -0.05) is 6.07 Å². The van der Waals surface area contributed by atoms with Gasteiger partial charge < -0.3 is 4.90 Å². The SMILES string of the molecule is CC(c1cccs1)N(C)C. The minimum Gasteiger partial charge on any atom is -0.302 e. The van der Waals surface area contributed by atoms with Gasteiger partial charge in [-0.25, -0.2) is 0 Å². The summed E-state index contributed by atoms with van der Waals surface area (Å²) in [4.78, 5) is 3.65. The van der Waals surface area contributed by atoms with E-state index in [2.05, 4.69) is 43.4 Å². The average molecular weight is 155 g/mol. The fourth-order valence-electron chi connectivity index (χ4n) is 0.783. The van der Waals surface area contributed by atoms with Crippen molar-refractivity contribution < 1.29 is 0 Å². The molecule has 0 saturated carbocycles. The van der Waals surface area contributed by atoms with Gasteiger partial charge in [0.1, 0.15) is 0 Å². The molecule has 56 valence electrons. The largest absolute Gasteiger partial charge is 0.302 e. The van der Waals surface area contributed by atoms with Crippen LogP contribution in [0.15, 0.2) is 17.5 Å². The van der Waals surface area contributed by atoms with Crippen molar-refractivity contribution in [2.75, 3.05) is 14.1 Å². The Morgan fingerprint density at radius 3 is 2.60 bits per heavy atom. The summed E-state index contributed by atoms with van der Waals surface area (Å²) >= 11 is 1.82. The fourth-order valence-corrected chi connectivity index (χ4v) is 1.66. The van der Waals surface area contributed by atoms with Crippen LogP contribution in [0.2, 0.25) is 0 Å². The third-order valence-electron chi connectivity index (χ3n) is 1.73. The van der Waals surface area contributed by atoms with Crippen molar-refractivity contribution in [2.24, 2.45) is 0 Å². The van der Waals surface area contributed by atoms with Gasteiger partial charge in [0, 0.05) is 10.9 Å². The molecule has 0 aliphatic heterocycles. The molecular weight excluding hydrogens is 142 g/mol. The molecule has 0 bridgehead atoms. The molecule has 0 saturated heterocycles. The maximum absolute atomic E-state index is 2.21. The highest BCUT2D eigenvalue weighted by Gasteiger charge is 2.06. The van der Waals surface area contributed by atoms with E-state index in [4.69, 9.17) is 0 Å². The zero-order valence-electron chi connectivity index (χ0n) is 6.66. The van der Waals surface area contributed by atoms with Gasteiger partial charge in [0.15, 0.2) is 0 Å². The van der Waals surface area contributed by atoms with Crippen LogP contribution in [0.4, 0.5) is 0 Å². The minimum absolute atomic E-state index is 0.556. The maximum atomic E-state index is 2.21. The van der Waals surface area contributed by atoms with Crippen LogP contribution >= 0.6 is 11.3 Å². The van der Waals surface area contributed by atoms with E-state index in [-0.39, 0.29) is 0 Å². The summed E-state index contributed by atoms with van der Waals surface area (Å²) in [5, 5.41) is 2.12. The Hall–Kier alpha value is -0.340. The topological polar surface area (TPSA) is 3.24 Å². The van der Waals surface area contributed by atoms with Crippen LogP contribution in [0.5, 0.6) is 0 Å². The van der Waals surface area contributed by atoms with Crippen molar-refractivity contribution >= 4 is 11.3 Å². The molecule has 1 nitrogen and oxygen atoms in total. The Morgan fingerprint density at radius 2 is 2.20 bits per heavy atom. The molecule has 1 atom stereocenters. The van der Waals surface area contributed by atoms with Crippen molar-refractivity contribution in [3.8, 4) is 0 Å². The van der Waals surface area contributed by atoms with E-state index < -0.39 is 0 Å². The number of thiophene rings is 1. The normalized spacial score (nSPS) is 14.0. The molecule has 1 aromatic rings. The predicted molar refractivity (Wildman–Crippen MR) is 46.4 cm³/mol. The van der Waals surface area contributed by atoms with E-state index in [1.54, 1.807) is 0 Å². The van der Waals surface area contributed by atoms with Crippen molar-refractivity contribution in [2.45, 2.75) is 13.0 Å². The summed E-state index contributed by atoms with van der Waals surface area (Å²) in [6.45, 7) is 2.21. The molecule has 0 aliphatic carbocycles. The van der Waals surface area contributed by atoms with E-state index >= 15 is 0 Å². The Kier molecular flexibility index (Phi) is 2.46. The molecular formula is C8H13NS. The minimum atomic E-state index is 0.556. The molecule has 0 N–H and O–H groups in total. The van der Waals surface area contributed by atoms with Crippen LogP contribution in [-0.2, 0) is 0 Å². The lowest BCUT2D eigenvalue weighted by molar-refractivity contribution is 0.325. The van der Waals surface area contributed by atoms with Crippen molar-refractivity contribution in [1.82, 2.24) is 4.90 Å². The van der Waals surface area contributed by atoms with E-state index in [0.717, 1.165) is 0 Å². The van der Waals surface area contributed by atoms with Crippen LogP contribution in [0, 0.1) is 0 Å². The maximum Gasteiger partial charge on any atom is 0.0407 e. The molecule has 0 aromatic carbocycles. The lowest BCUT2D eigenvalue weighted by Crippen LogP contribution is -2.15. The van der Waals surface area contributed by atoms with Gasteiger partial charge in [0.2, 0.25) is 0 Å². The number of hydrogen-bond donors (Lipinski definition) is 0. The van der Waals surface area contributed by atoms with Crippen LogP contribution in [-0.4, -0.2) is 19.0 Å². The van der Waals surface area contributed by atoms with E-state index in [9.17, 15) is 0 Å². The first kappa shape index (κ1) is 7.76. The van der Waals surface area contributed by atoms with E-state index in [1.807, 2.05) is 11.3 Å². The van der Waals surface area contributed by atoms with Crippen LogP contribution < -0.4 is 0 Å². The second kappa shape index (κ2) is 3.17. The predicted octanol–water partition coefficient (Wildman–Crippen LogP) is 2.37. The third-order valence-corrected chi connectivity index (χ3v) is 2.77. The number of hydrogen-bond acceptors (Lipinski definition) is 2. The summed E-state index contributed by atoms with van der Waals surface area (Å²) in [5.41, 5.74) is 0. The molecule has 10 heavy (non-hydrogen) atoms. The Morgan fingerprint density at radius 1 is 1.50 bits per heavy atom. The smallest absolute Gasteiger partial charge is 0.0407 e. The highest BCUT2D eigenvalue weighted by atomic mass is 32.1. The second-order valence-electron chi connectivity index (χ2n) is 2.66. The molecule has 1 unspecified atom stereocenters. The number of rotatable bonds is 2. The highest BCUT2D eigenvalue weighted by molar-refractivity contribution is 7.10. The zero-order chi connectivity index (χ0) is 7.56. The van der Waals surface area contributed by atoms with Gasteiger partial charge >= 0.3 is 0 Å². The Balaban J connectivity index is 2.68.